The summed E-state index contributed by atoms with van der Waals surface area (Å²) >= 11 is 3.42. The van der Waals surface area contributed by atoms with Crippen molar-refractivity contribution in [3.8, 4) is 0 Å². The molecule has 2 aromatic heterocycles. The maximum atomic E-state index is 12.5. The maximum absolute atomic E-state index is 12.5. The lowest BCUT2D eigenvalue weighted by Crippen LogP contribution is -2.17. The fourth-order valence-electron chi connectivity index (χ4n) is 2.27. The molecule has 0 bridgehead atoms. The summed E-state index contributed by atoms with van der Waals surface area (Å²) < 4.78 is 2.84. The van der Waals surface area contributed by atoms with Gasteiger partial charge in [0.15, 0.2) is 0 Å². The number of benzene rings is 1. The van der Waals surface area contributed by atoms with Crippen LogP contribution in [0.15, 0.2) is 41.1 Å². The third-order valence-corrected chi connectivity index (χ3v) is 3.74. The van der Waals surface area contributed by atoms with Crippen LogP contribution in [0.2, 0.25) is 0 Å². The zero-order chi connectivity index (χ0) is 15.0. The molecule has 2 heterocycles. The summed E-state index contributed by atoms with van der Waals surface area (Å²) in [5, 5.41) is 10.8. The molecule has 6 heteroatoms. The van der Waals surface area contributed by atoms with Crippen molar-refractivity contribution in [1.29, 1.82) is 0 Å². The summed E-state index contributed by atoms with van der Waals surface area (Å²) in [6, 6.07) is 7.69. The monoisotopic (exact) mass is 346 g/mol. The van der Waals surface area contributed by atoms with Crippen LogP contribution in [0.5, 0.6) is 0 Å². The zero-order valence-corrected chi connectivity index (χ0v) is 13.3. The molecule has 1 aromatic carbocycles. The van der Waals surface area contributed by atoms with Crippen LogP contribution < -0.4 is 5.32 Å². The molecule has 0 aliphatic carbocycles. The second-order valence-electron chi connectivity index (χ2n) is 5.17. The largest absolute Gasteiger partial charge is 0.340 e. The predicted molar refractivity (Wildman–Crippen MR) is 86.6 cm³/mol. The number of carbonyl (C=O) groups is 1. The molecule has 3 aromatic rings. The fourth-order valence-corrected chi connectivity index (χ4v) is 2.71. The summed E-state index contributed by atoms with van der Waals surface area (Å²) in [7, 11) is 0. The van der Waals surface area contributed by atoms with Crippen LogP contribution in [0.4, 0.5) is 5.69 Å². The number of H-pyrrole nitrogens is 1. The third-order valence-electron chi connectivity index (χ3n) is 3.30. The molecule has 0 aliphatic rings. The summed E-state index contributed by atoms with van der Waals surface area (Å²) in [5.74, 6) is -0.128. The standard InChI is InChI=1S/C15H15BrN4O/c1-9(2)20-8-11(16)6-14(20)15(21)18-12-3-4-13-10(5-12)7-17-19-13/h3-9H,1-2H3,(H,17,19)(H,18,21). The molecular formula is C15H15BrN4O. The molecule has 0 radical (unpaired) electrons. The highest BCUT2D eigenvalue weighted by atomic mass is 79.9. The van der Waals surface area contributed by atoms with Crippen LogP contribution in [0, 0.1) is 0 Å². The van der Waals surface area contributed by atoms with E-state index in [-0.39, 0.29) is 11.9 Å². The number of anilines is 1. The van der Waals surface area contributed by atoms with Crippen LogP contribution in [-0.2, 0) is 0 Å². The Labute approximate surface area is 130 Å². The number of hydrogen-bond donors (Lipinski definition) is 2. The Hall–Kier alpha value is -2.08. The van der Waals surface area contributed by atoms with E-state index in [4.69, 9.17) is 0 Å². The third kappa shape index (κ3) is 2.71. The van der Waals surface area contributed by atoms with E-state index in [9.17, 15) is 4.79 Å². The summed E-state index contributed by atoms with van der Waals surface area (Å²) in [6.45, 7) is 4.08. The van der Waals surface area contributed by atoms with Crippen molar-refractivity contribution in [1.82, 2.24) is 14.8 Å². The van der Waals surface area contributed by atoms with Crippen molar-refractivity contribution in [2.24, 2.45) is 0 Å². The number of fused-ring (bicyclic) bond motifs is 1. The molecule has 3 rings (SSSR count). The SMILES string of the molecule is CC(C)n1cc(Br)cc1C(=O)Nc1ccc2[nH]ncc2c1. The lowest BCUT2D eigenvalue weighted by molar-refractivity contribution is 0.101. The van der Waals surface area contributed by atoms with Gasteiger partial charge in [0.05, 0.1) is 11.7 Å². The topological polar surface area (TPSA) is 62.7 Å². The normalized spacial score (nSPS) is 11.2. The van der Waals surface area contributed by atoms with E-state index in [1.54, 1.807) is 6.20 Å². The van der Waals surface area contributed by atoms with Crippen molar-refractivity contribution < 1.29 is 4.79 Å². The highest BCUT2D eigenvalue weighted by molar-refractivity contribution is 9.10. The quantitative estimate of drug-likeness (QED) is 0.753. The molecule has 1 amide bonds. The molecule has 0 saturated heterocycles. The number of carbonyl (C=O) groups excluding carboxylic acids is 1. The van der Waals surface area contributed by atoms with Crippen LogP contribution in [0.25, 0.3) is 10.9 Å². The molecular weight excluding hydrogens is 332 g/mol. The molecule has 2 N–H and O–H groups in total. The highest BCUT2D eigenvalue weighted by Gasteiger charge is 2.15. The van der Waals surface area contributed by atoms with Gasteiger partial charge in [0.25, 0.3) is 5.91 Å². The minimum Gasteiger partial charge on any atom is -0.340 e. The minimum absolute atomic E-state index is 0.128. The molecule has 0 saturated carbocycles. The van der Waals surface area contributed by atoms with Crippen LogP contribution in [0.1, 0.15) is 30.4 Å². The Morgan fingerprint density at radius 3 is 2.95 bits per heavy atom. The molecule has 0 aliphatic heterocycles. The Morgan fingerprint density at radius 2 is 2.19 bits per heavy atom. The minimum atomic E-state index is -0.128. The number of aromatic amines is 1. The first-order valence-corrected chi connectivity index (χ1v) is 7.46. The molecule has 5 nitrogen and oxygen atoms in total. The number of nitrogens with zero attached hydrogens (tertiary/aromatic N) is 2. The lowest BCUT2D eigenvalue weighted by Gasteiger charge is -2.12. The van der Waals surface area contributed by atoms with Gasteiger partial charge < -0.3 is 9.88 Å². The lowest BCUT2D eigenvalue weighted by atomic mass is 10.2. The number of rotatable bonds is 3. The van der Waals surface area contributed by atoms with E-state index >= 15 is 0 Å². The second-order valence-corrected chi connectivity index (χ2v) is 6.09. The first-order valence-electron chi connectivity index (χ1n) is 6.66. The predicted octanol–water partition coefficient (Wildman–Crippen LogP) is 3.96. The average Bonchev–Trinajstić information content (AvgIpc) is 3.04. The van der Waals surface area contributed by atoms with Gasteiger partial charge in [0.2, 0.25) is 0 Å². The van der Waals surface area contributed by atoms with Crippen molar-refractivity contribution in [3.05, 3.63) is 46.8 Å². The smallest absolute Gasteiger partial charge is 0.272 e. The van der Waals surface area contributed by atoms with Crippen molar-refractivity contribution >= 4 is 38.4 Å². The highest BCUT2D eigenvalue weighted by Crippen LogP contribution is 2.22. The van der Waals surface area contributed by atoms with E-state index in [2.05, 4.69) is 31.4 Å². The van der Waals surface area contributed by atoms with Crippen LogP contribution >= 0.6 is 15.9 Å². The van der Waals surface area contributed by atoms with Gasteiger partial charge >= 0.3 is 0 Å². The van der Waals surface area contributed by atoms with Gasteiger partial charge in [-0.15, -0.1) is 0 Å². The summed E-state index contributed by atoms with van der Waals surface area (Å²) in [4.78, 5) is 12.5. The molecule has 0 spiro atoms. The van der Waals surface area contributed by atoms with Crippen molar-refractivity contribution in [2.45, 2.75) is 19.9 Å². The Kier molecular flexibility index (Phi) is 3.55. The van der Waals surface area contributed by atoms with E-state index in [0.717, 1.165) is 21.1 Å². The van der Waals surface area contributed by atoms with Gasteiger partial charge in [-0.3, -0.25) is 9.89 Å². The first kappa shape index (κ1) is 13.9. The maximum Gasteiger partial charge on any atom is 0.272 e. The first-order chi connectivity index (χ1) is 10.0. The van der Waals surface area contributed by atoms with Gasteiger partial charge in [-0.05, 0) is 54.0 Å². The van der Waals surface area contributed by atoms with Gasteiger partial charge in [-0.2, -0.15) is 5.10 Å². The number of hydrogen-bond acceptors (Lipinski definition) is 2. The number of nitrogens with one attached hydrogen (secondary N) is 2. The van der Waals surface area contributed by atoms with Gasteiger partial charge in [0, 0.05) is 27.8 Å². The molecule has 108 valence electrons. The Bertz CT molecular complexity index is 803. The Balaban J connectivity index is 1.88. The number of halogens is 1. The van der Waals surface area contributed by atoms with Gasteiger partial charge in [0.1, 0.15) is 5.69 Å². The molecule has 21 heavy (non-hydrogen) atoms. The van der Waals surface area contributed by atoms with E-state index in [1.165, 1.54) is 0 Å². The van der Waals surface area contributed by atoms with Crippen LogP contribution in [-0.4, -0.2) is 20.7 Å². The van der Waals surface area contributed by atoms with Crippen molar-refractivity contribution in [3.63, 3.8) is 0 Å². The van der Waals surface area contributed by atoms with Crippen molar-refractivity contribution in [2.75, 3.05) is 5.32 Å². The second kappa shape index (κ2) is 5.37. The molecule has 0 atom stereocenters. The summed E-state index contributed by atoms with van der Waals surface area (Å²) in [5.41, 5.74) is 2.33. The Morgan fingerprint density at radius 1 is 1.38 bits per heavy atom. The van der Waals surface area contributed by atoms with E-state index in [1.807, 2.05) is 48.9 Å². The van der Waals surface area contributed by atoms with Gasteiger partial charge in [-0.25, -0.2) is 0 Å². The van der Waals surface area contributed by atoms with Crippen LogP contribution in [0.3, 0.4) is 0 Å². The molecule has 0 unspecified atom stereocenters. The number of aromatic nitrogens is 3. The molecule has 0 fully saturated rings. The summed E-state index contributed by atoms with van der Waals surface area (Å²) in [6.07, 6.45) is 3.65. The average molecular weight is 347 g/mol. The fraction of sp³-hybridized carbons (Fsp3) is 0.200. The van der Waals surface area contributed by atoms with E-state index < -0.39 is 0 Å². The van der Waals surface area contributed by atoms with Gasteiger partial charge in [-0.1, -0.05) is 0 Å². The number of amides is 1. The zero-order valence-electron chi connectivity index (χ0n) is 11.7. The van der Waals surface area contributed by atoms with E-state index in [0.29, 0.717) is 5.69 Å².